The zero-order valence-corrected chi connectivity index (χ0v) is 82.8. The molecule has 7 aliphatic heterocycles. The molecule has 4 radical (unpaired) electrons. The molecule has 12 aromatic rings. The number of rotatable bonds is 12. The first-order valence-electron chi connectivity index (χ1n) is 41.6. The van der Waals surface area contributed by atoms with E-state index in [9.17, 15) is 4.79 Å². The molecule has 648 valence electrons. The van der Waals surface area contributed by atoms with Crippen LogP contribution in [0, 0.1) is 98.4 Å². The number of allylic oxidation sites excluding steroid dienone is 4. The normalized spacial score (nSPS) is 13.5. The fourth-order valence-corrected chi connectivity index (χ4v) is 14.8. The van der Waals surface area contributed by atoms with E-state index in [2.05, 4.69) is 290 Å². The first kappa shape index (κ1) is 101. The van der Waals surface area contributed by atoms with Gasteiger partial charge in [-0.15, -0.1) is 205 Å². The maximum absolute atomic E-state index is 10.0. The van der Waals surface area contributed by atoms with Crippen LogP contribution in [0.3, 0.4) is 0 Å². The number of pyridine rings is 4. The van der Waals surface area contributed by atoms with E-state index in [1.807, 2.05) is 202 Å². The van der Waals surface area contributed by atoms with E-state index >= 15 is 0 Å². The summed E-state index contributed by atoms with van der Waals surface area (Å²) >= 11 is 0. The first-order valence-corrected chi connectivity index (χ1v) is 41.6. The quantitative estimate of drug-likeness (QED) is 0.0544. The van der Waals surface area contributed by atoms with Gasteiger partial charge in [0.15, 0.2) is 5.78 Å². The number of hydrogen-bond donors (Lipinski definition) is 1. The fraction of sp³-hybridized carbons (Fsp3) is 0.121. The smallest absolute Gasteiger partial charge is 0.204 e. The van der Waals surface area contributed by atoms with Crippen LogP contribution in [-0.4, -0.2) is 74.8 Å². The molecule has 7 aliphatic rings. The molecule has 0 fully saturated rings. The molecule has 4 aromatic heterocycles. The van der Waals surface area contributed by atoms with Crippen LogP contribution in [0.5, 0.6) is 0 Å². The zero-order valence-electron chi connectivity index (χ0n) is 73.3. The first-order chi connectivity index (χ1) is 60.5. The Morgan fingerprint density at radius 3 is 0.852 bits per heavy atom. The third-order valence-electron chi connectivity index (χ3n) is 20.8. The second kappa shape index (κ2) is 53.0. The SMILES string of the molecule is CC(=O)C=C(C)O.Cc1cccc(C)c1B1C=[C-]N(c2ccccn2)C=C1.Cc1cccc(C)c1B1C=[C-]N(c2ccccn2)C=C1.Cc1cccc(C)c1B1C=[C-]N(c2ccccn2)C=C1.Cc1cccc(C)c1B1C=[C-]N(c2ccccn2)C=C1.[Ir].[Ir].[Ir].[Ir].[c-]1ccccc1C1=NC=CC1.[c-]1ccccc1C1=NC=CC1.[c-]1ccccc1C1=Nc2ccccc2C1. The van der Waals surface area contributed by atoms with Crippen molar-refractivity contribution in [1.29, 1.82) is 0 Å². The number of aryl methyl sites for hydroxylation is 8. The summed E-state index contributed by atoms with van der Waals surface area (Å²) in [7, 11) is 0. The van der Waals surface area contributed by atoms with Gasteiger partial charge in [0, 0.05) is 147 Å². The van der Waals surface area contributed by atoms with Gasteiger partial charge in [-0.1, -0.05) is 218 Å². The molecule has 0 aliphatic carbocycles. The van der Waals surface area contributed by atoms with E-state index in [1.165, 1.54) is 91.8 Å². The molecule has 8 aromatic carbocycles. The van der Waals surface area contributed by atoms with Crippen LogP contribution in [0.4, 0.5) is 29.0 Å². The monoisotopic (exact) mass is 2380 g/mol. The summed E-state index contributed by atoms with van der Waals surface area (Å²) in [5.74, 6) is 20.7. The number of ketones is 1. The van der Waals surface area contributed by atoms with Crippen LogP contribution in [0.2, 0.25) is 0 Å². The van der Waals surface area contributed by atoms with Crippen LogP contribution < -0.4 is 41.5 Å². The molecule has 128 heavy (non-hydrogen) atoms. The molecule has 0 unspecified atom stereocenters. The molecule has 0 spiro atoms. The van der Waals surface area contributed by atoms with Crippen LogP contribution in [0.1, 0.15) is 93.5 Å². The van der Waals surface area contributed by atoms with Crippen molar-refractivity contribution in [2.75, 3.05) is 19.6 Å². The molecule has 1 N–H and O–H groups in total. The van der Waals surface area contributed by atoms with Gasteiger partial charge in [-0.2, -0.15) is 0 Å². The van der Waals surface area contributed by atoms with Gasteiger partial charge in [0.1, 0.15) is 0 Å². The Morgan fingerprint density at radius 2 is 0.633 bits per heavy atom. The van der Waals surface area contributed by atoms with Crippen molar-refractivity contribution in [1.82, 2.24) is 19.9 Å². The minimum Gasteiger partial charge on any atom is -0.512 e. The number of aliphatic hydroxyl groups excluding tert-OH is 1. The van der Waals surface area contributed by atoms with Crippen LogP contribution in [0.25, 0.3) is 0 Å². The summed E-state index contributed by atoms with van der Waals surface area (Å²) < 4.78 is 0. The van der Waals surface area contributed by atoms with Crippen molar-refractivity contribution in [3.63, 3.8) is 0 Å². The van der Waals surface area contributed by atoms with E-state index in [0.717, 1.165) is 82.0 Å². The fourth-order valence-electron chi connectivity index (χ4n) is 14.8. The van der Waals surface area contributed by atoms with Crippen molar-refractivity contribution in [3.05, 3.63) is 486 Å². The number of anilines is 4. The summed E-state index contributed by atoms with van der Waals surface area (Å²) in [6.07, 6.45) is 40.3. The molecular weight excluding hydrogens is 2280 g/mol. The van der Waals surface area contributed by atoms with Crippen LogP contribution >= 0.6 is 0 Å². The van der Waals surface area contributed by atoms with E-state index in [4.69, 9.17) is 5.11 Å². The van der Waals surface area contributed by atoms with E-state index < -0.39 is 0 Å². The van der Waals surface area contributed by atoms with Crippen molar-refractivity contribution in [2.45, 2.75) is 88.5 Å². The largest absolute Gasteiger partial charge is 0.512 e. The van der Waals surface area contributed by atoms with Crippen molar-refractivity contribution in [3.8, 4) is 0 Å². The molecule has 0 saturated carbocycles. The van der Waals surface area contributed by atoms with Gasteiger partial charge in [0.2, 0.25) is 26.9 Å². The Morgan fingerprint density at radius 1 is 0.352 bits per heavy atom. The van der Waals surface area contributed by atoms with Gasteiger partial charge in [0.05, 0.1) is 11.4 Å². The third kappa shape index (κ3) is 29.8. The van der Waals surface area contributed by atoms with Gasteiger partial charge in [-0.25, -0.2) is 0 Å². The predicted octanol–water partition coefficient (Wildman–Crippen LogP) is 19.9. The number of hydrogen-bond acceptors (Lipinski definition) is 13. The summed E-state index contributed by atoms with van der Waals surface area (Å²) in [6, 6.07) is 90.8. The number of aliphatic hydroxyl groups is 1. The van der Waals surface area contributed by atoms with Gasteiger partial charge in [-0.3, -0.25) is 4.79 Å². The number of aliphatic imine (C=N–C) groups is 3. The van der Waals surface area contributed by atoms with Crippen molar-refractivity contribution in [2.24, 2.45) is 15.0 Å². The van der Waals surface area contributed by atoms with Gasteiger partial charge in [-0.05, 0) is 142 Å². The molecule has 0 saturated heterocycles. The number of carbonyl (C=O) groups excluding carboxylic acids is 1. The molecule has 19 rings (SSSR count). The van der Waals surface area contributed by atoms with Gasteiger partial charge < -0.3 is 59.6 Å². The Kier molecular flexibility index (Phi) is 42.0. The van der Waals surface area contributed by atoms with Crippen LogP contribution in [0.15, 0.2) is 391 Å². The summed E-state index contributed by atoms with van der Waals surface area (Å²) in [4.78, 5) is 48.0. The van der Waals surface area contributed by atoms with E-state index in [1.54, 1.807) is 24.8 Å². The van der Waals surface area contributed by atoms with Crippen molar-refractivity contribution >= 4 is 101 Å². The number of fused-ring (bicyclic) bond motifs is 1. The molecule has 0 bridgehead atoms. The minimum atomic E-state index is -0.125. The van der Waals surface area contributed by atoms with Crippen molar-refractivity contribution < 1.29 is 90.3 Å². The third-order valence-corrected chi connectivity index (χ3v) is 20.8. The van der Waals surface area contributed by atoms with E-state index in [-0.39, 0.29) is 119 Å². The number of nitrogens with zero attached hydrogens (tertiary/aromatic N) is 11. The standard InChI is InChI=1S/4C17H16BN2.C14H10N.2C10H8N.C5H8O2.4Ir/c4*1-14-6-5-7-15(2)17(14)18-9-12-20(13-10-18)16-8-3-4-11-19-16;1-2-6-11(7-3-1)14-10-12-8-4-5-9-13(12)15-14;2*1-2-5-9(6-3-1)10-7-4-8-11-10;1-4(6)3-5(2)7;;;;/h4*3-12H,1-2H3;1-6,8-9H,10H2;2*1-5,8H,7H2;3,6H,1-2H3;;;;/q7*-1;;;;;. The number of aromatic nitrogens is 4. The maximum atomic E-state index is 10.0. The van der Waals surface area contributed by atoms with Gasteiger partial charge in [0.25, 0.3) is 0 Å². The zero-order chi connectivity index (χ0) is 86.8. The second-order valence-corrected chi connectivity index (χ2v) is 30.0. The summed E-state index contributed by atoms with van der Waals surface area (Å²) in [6.45, 7) is 21.3. The van der Waals surface area contributed by atoms with Crippen LogP contribution in [-0.2, 0) is 91.6 Å². The molecule has 0 atom stereocenters. The van der Waals surface area contributed by atoms with E-state index in [0.29, 0.717) is 0 Å². The maximum Gasteiger partial charge on any atom is 0.204 e. The number of para-hydroxylation sites is 1. The molecule has 21 heteroatoms. The Labute approximate surface area is 812 Å². The average molecular weight is 2380 g/mol. The number of carbonyl (C=O) groups is 1. The Hall–Kier alpha value is -12.0. The van der Waals surface area contributed by atoms with Gasteiger partial charge >= 0.3 is 0 Å². The molecule has 0 amide bonds. The molecule has 11 heterocycles. The number of benzene rings is 8. The topological polar surface area (TPSA) is 139 Å². The average Bonchev–Trinajstić information content (AvgIpc) is 1.58. The molecular formula is C107H98B4Ir4N11O2-7. The Balaban J connectivity index is 0.000000183. The molecule has 13 nitrogen and oxygen atoms in total. The summed E-state index contributed by atoms with van der Waals surface area (Å²) in [5.41, 5.74) is 25.2. The second-order valence-electron chi connectivity index (χ2n) is 30.0. The Bertz CT molecular complexity index is 5330. The predicted molar refractivity (Wildman–Crippen MR) is 520 cm³/mol. The summed E-state index contributed by atoms with van der Waals surface area (Å²) in [5, 5.41) is 8.36. The minimum absolute atomic E-state index is 0.